The summed E-state index contributed by atoms with van der Waals surface area (Å²) in [7, 11) is -2.56. The minimum absolute atomic E-state index is 0.0164. The molecule has 0 aliphatic carbocycles. The first kappa shape index (κ1) is 40.6. The Labute approximate surface area is 301 Å². The van der Waals surface area contributed by atoms with Crippen molar-refractivity contribution in [2.75, 3.05) is 44.0 Å². The molecule has 0 unspecified atom stereocenters. The number of carbonyl (C=O) groups excluding carboxylic acids is 2. The van der Waals surface area contributed by atoms with Crippen LogP contribution in [0.3, 0.4) is 0 Å². The second-order valence-electron chi connectivity index (χ2n) is 13.1. The highest BCUT2D eigenvalue weighted by Gasteiger charge is 2.35. The van der Waals surface area contributed by atoms with Crippen molar-refractivity contribution in [3.63, 3.8) is 0 Å². The van der Waals surface area contributed by atoms with Crippen LogP contribution in [0.4, 0.5) is 29.3 Å². The highest BCUT2D eigenvalue weighted by Crippen LogP contribution is 2.31. The first-order chi connectivity index (χ1) is 24.4. The lowest BCUT2D eigenvalue weighted by Gasteiger charge is -2.35. The summed E-state index contributed by atoms with van der Waals surface area (Å²) in [6.07, 6.45) is -3.50. The summed E-state index contributed by atoms with van der Waals surface area (Å²) in [5.74, 6) is -0.528. The van der Waals surface area contributed by atoms with Gasteiger partial charge in [0.05, 0.1) is 36.0 Å². The van der Waals surface area contributed by atoms with Crippen molar-refractivity contribution in [2.24, 2.45) is 5.92 Å². The maximum atomic E-state index is 14.4. The number of rotatable bonds is 8. The van der Waals surface area contributed by atoms with E-state index in [4.69, 9.17) is 14.0 Å². The number of halogens is 3. The van der Waals surface area contributed by atoms with E-state index in [2.05, 4.69) is 15.8 Å². The molecule has 0 fully saturated rings. The summed E-state index contributed by atoms with van der Waals surface area (Å²) >= 11 is 0. The van der Waals surface area contributed by atoms with Crippen molar-refractivity contribution in [1.82, 2.24) is 14.4 Å². The summed E-state index contributed by atoms with van der Waals surface area (Å²) in [4.78, 5) is 28.6. The van der Waals surface area contributed by atoms with E-state index in [9.17, 15) is 36.3 Å². The van der Waals surface area contributed by atoms with E-state index in [-0.39, 0.29) is 64.8 Å². The van der Waals surface area contributed by atoms with E-state index < -0.39 is 51.8 Å². The molecule has 0 radical (unpaired) electrons. The molecule has 0 saturated heterocycles. The average Bonchev–Trinajstić information content (AvgIpc) is 3.43. The second kappa shape index (κ2) is 17.1. The number of amides is 3. The summed E-state index contributed by atoms with van der Waals surface area (Å²) in [5, 5.41) is 19.1. The van der Waals surface area contributed by atoms with Gasteiger partial charge in [-0.1, -0.05) is 12.1 Å². The number of aliphatic hydroxyl groups excluding tert-OH is 1. The third kappa shape index (κ3) is 10.0. The first-order valence-corrected chi connectivity index (χ1v) is 18.3. The van der Waals surface area contributed by atoms with Crippen LogP contribution in [0, 0.1) is 19.8 Å². The number of nitrogens with one attached hydrogen (secondary N) is 2. The van der Waals surface area contributed by atoms with Gasteiger partial charge in [-0.05, 0) is 89.4 Å². The van der Waals surface area contributed by atoms with Crippen LogP contribution in [0.5, 0.6) is 5.75 Å². The Morgan fingerprint density at radius 2 is 1.75 bits per heavy atom. The van der Waals surface area contributed by atoms with Gasteiger partial charge >= 0.3 is 12.2 Å². The quantitative estimate of drug-likeness (QED) is 0.248. The maximum Gasteiger partial charge on any atom is 0.416 e. The van der Waals surface area contributed by atoms with Gasteiger partial charge in [-0.2, -0.15) is 17.5 Å². The number of ether oxygens (including phenoxy) is 2. The monoisotopic (exact) mass is 753 g/mol. The minimum atomic E-state index is -4.52. The van der Waals surface area contributed by atoms with Crippen LogP contribution < -0.4 is 15.4 Å². The van der Waals surface area contributed by atoms with Crippen molar-refractivity contribution in [3.05, 3.63) is 65.0 Å². The van der Waals surface area contributed by atoms with E-state index in [1.807, 2.05) is 13.8 Å². The van der Waals surface area contributed by atoms with E-state index >= 15 is 0 Å². The number of hydrogen-bond donors (Lipinski definition) is 3. The Balaban J connectivity index is 1.61. The van der Waals surface area contributed by atoms with Crippen LogP contribution in [-0.4, -0.2) is 91.4 Å². The first-order valence-electron chi connectivity index (χ1n) is 16.9. The van der Waals surface area contributed by atoms with Crippen LogP contribution in [0.25, 0.3) is 0 Å². The zero-order valence-corrected chi connectivity index (χ0v) is 30.8. The van der Waals surface area contributed by atoms with Gasteiger partial charge < -0.3 is 34.6 Å². The van der Waals surface area contributed by atoms with Crippen molar-refractivity contribution >= 4 is 33.3 Å². The molecule has 2 aromatic carbocycles. The summed E-state index contributed by atoms with van der Waals surface area (Å²) in [5.41, 5.74) is -0.208. The number of fused-ring (bicyclic) bond motifs is 1. The molecule has 286 valence electrons. The molecular weight excluding hydrogens is 707 g/mol. The number of hydrogen-bond acceptors (Lipinski definition) is 9. The fourth-order valence-corrected chi connectivity index (χ4v) is 7.32. The third-order valence-corrected chi connectivity index (χ3v) is 10.9. The summed E-state index contributed by atoms with van der Waals surface area (Å²) in [6.45, 7) is 8.41. The van der Waals surface area contributed by atoms with Gasteiger partial charge in [0, 0.05) is 44.0 Å². The zero-order chi connectivity index (χ0) is 38.4. The predicted octanol–water partition coefficient (Wildman–Crippen LogP) is 6.07. The average molecular weight is 754 g/mol. The lowest BCUT2D eigenvalue weighted by Crippen LogP contribution is -2.48. The fraction of sp³-hybridized carbons (Fsp3) is 0.514. The van der Waals surface area contributed by atoms with E-state index in [0.717, 1.165) is 30.7 Å². The number of urea groups is 1. The van der Waals surface area contributed by atoms with Gasteiger partial charge in [-0.15, -0.1) is 0 Å². The van der Waals surface area contributed by atoms with Crippen LogP contribution in [0.2, 0.25) is 0 Å². The molecular formula is C35H46F3N5O8S. The van der Waals surface area contributed by atoms with Crippen LogP contribution >= 0.6 is 0 Å². The van der Waals surface area contributed by atoms with Crippen LogP contribution in [0.1, 0.15) is 67.4 Å². The van der Waals surface area contributed by atoms with E-state index in [0.29, 0.717) is 19.4 Å². The highest BCUT2D eigenvalue weighted by atomic mass is 32.2. The number of aromatic nitrogens is 1. The third-order valence-electron chi connectivity index (χ3n) is 8.85. The number of aliphatic hydroxyl groups is 1. The normalized spacial score (nSPS) is 20.1. The van der Waals surface area contributed by atoms with E-state index in [1.165, 1.54) is 35.3 Å². The molecule has 2 heterocycles. The molecule has 17 heteroatoms. The van der Waals surface area contributed by atoms with Gasteiger partial charge in [-0.25, -0.2) is 13.2 Å². The molecule has 3 N–H and O–H groups in total. The molecule has 3 aromatic rings. The minimum Gasteiger partial charge on any atom is -0.490 e. The highest BCUT2D eigenvalue weighted by molar-refractivity contribution is 7.89. The number of nitrogens with zero attached hydrogens (tertiary/aromatic N) is 3. The molecule has 52 heavy (non-hydrogen) atoms. The topological polar surface area (TPSA) is 164 Å². The number of sulfonamides is 1. The Kier molecular flexibility index (Phi) is 13.3. The van der Waals surface area contributed by atoms with Crippen molar-refractivity contribution in [3.8, 4) is 5.75 Å². The number of benzene rings is 2. The van der Waals surface area contributed by atoms with Crippen LogP contribution in [0.15, 0.2) is 51.9 Å². The molecule has 13 nitrogen and oxygen atoms in total. The van der Waals surface area contributed by atoms with Gasteiger partial charge in [0.15, 0.2) is 5.76 Å². The number of likely N-dealkylation sites (N-methyl/N-ethyl adjacent to an activating group) is 1. The number of anilines is 2. The predicted molar refractivity (Wildman–Crippen MR) is 187 cm³/mol. The summed E-state index contributed by atoms with van der Waals surface area (Å²) < 4.78 is 84.8. The Bertz CT molecular complexity index is 1780. The smallest absolute Gasteiger partial charge is 0.416 e. The lowest BCUT2D eigenvalue weighted by molar-refractivity contribution is -0.137. The molecule has 0 saturated carbocycles. The SMILES string of the molecule is Cc1noc(C)c1S(=O)(=O)N(C)C[C@H]1OCCCC[C@@H](C)Oc2ccc(NC(=O)Nc3ccc(C(F)(F)F)cc3)cc2C(=O)N([C@@H](C)CO)C[C@H]1C. The molecule has 3 amide bonds. The molecule has 0 spiro atoms. The standard InChI is InChI=1S/C35H46F3N5O8S/c1-21-18-43(22(2)20-44)33(45)29-17-28(40-34(46)39-27-12-10-26(11-13-27)35(36,37)38)14-15-30(29)50-23(3)9-7-8-16-49-31(21)19-42(6)52(47,48)32-24(4)41-51-25(32)5/h10-15,17,21-23,31,44H,7-9,16,18-20H2,1-6H3,(H2,39,40,46)/t21-,22+,23-,31-/m1/s1. The molecule has 1 aromatic heterocycles. The second-order valence-corrected chi connectivity index (χ2v) is 15.1. The zero-order valence-electron chi connectivity index (χ0n) is 30.0. The van der Waals surface area contributed by atoms with Gasteiger partial charge in [0.25, 0.3) is 5.91 Å². The number of carbonyl (C=O) groups is 2. The molecule has 4 atom stereocenters. The lowest BCUT2D eigenvalue weighted by atomic mass is 10.0. The van der Waals surface area contributed by atoms with Crippen molar-refractivity contribution in [2.45, 2.75) is 83.2 Å². The largest absolute Gasteiger partial charge is 0.490 e. The Hall–Kier alpha value is -4.19. The van der Waals surface area contributed by atoms with Gasteiger partial charge in [0.1, 0.15) is 16.3 Å². The maximum absolute atomic E-state index is 14.4. The Morgan fingerprint density at radius 3 is 2.37 bits per heavy atom. The van der Waals surface area contributed by atoms with E-state index in [1.54, 1.807) is 19.9 Å². The van der Waals surface area contributed by atoms with Gasteiger partial charge in [0.2, 0.25) is 10.0 Å². The molecule has 1 aliphatic heterocycles. The van der Waals surface area contributed by atoms with Gasteiger partial charge in [-0.3, -0.25) is 4.79 Å². The summed E-state index contributed by atoms with van der Waals surface area (Å²) in [6, 6.07) is 7.03. The molecule has 4 rings (SSSR count). The Morgan fingerprint density at radius 1 is 1.10 bits per heavy atom. The molecule has 0 bridgehead atoms. The fourth-order valence-electron chi connectivity index (χ4n) is 5.85. The van der Waals surface area contributed by atoms with Crippen molar-refractivity contribution in [1.29, 1.82) is 0 Å². The van der Waals surface area contributed by atoms with Crippen molar-refractivity contribution < 1.29 is 50.3 Å². The van der Waals surface area contributed by atoms with Crippen LogP contribution in [-0.2, 0) is 20.9 Å². The number of aryl methyl sites for hydroxylation is 2. The number of alkyl halides is 3. The molecule has 1 aliphatic rings.